The highest BCUT2D eigenvalue weighted by molar-refractivity contribution is 5.84. The molecule has 0 aromatic carbocycles. The summed E-state index contributed by atoms with van der Waals surface area (Å²) in [6, 6.07) is 0. The molecule has 0 amide bonds. The van der Waals surface area contributed by atoms with Crippen LogP contribution in [0.5, 0.6) is 0 Å². The van der Waals surface area contributed by atoms with Gasteiger partial charge in [0.15, 0.2) is 0 Å². The molecule has 0 N–H and O–H groups in total. The lowest BCUT2D eigenvalue weighted by Gasteiger charge is -2.15. The summed E-state index contributed by atoms with van der Waals surface area (Å²) in [5, 5.41) is 0. The van der Waals surface area contributed by atoms with Crippen molar-refractivity contribution in [2.24, 2.45) is 4.99 Å². The highest BCUT2D eigenvalue weighted by Crippen LogP contribution is 2.15. The molecule has 0 bridgehead atoms. The number of rotatable bonds is 0. The van der Waals surface area contributed by atoms with Crippen LogP contribution >= 0.6 is 0 Å². The summed E-state index contributed by atoms with van der Waals surface area (Å²) < 4.78 is 0. The van der Waals surface area contributed by atoms with Gasteiger partial charge < -0.3 is 4.90 Å². The van der Waals surface area contributed by atoms with E-state index in [9.17, 15) is 0 Å². The van der Waals surface area contributed by atoms with Crippen molar-refractivity contribution in [3.63, 3.8) is 0 Å². The Morgan fingerprint density at radius 3 is 3.00 bits per heavy atom. The first kappa shape index (κ1) is 6.20. The van der Waals surface area contributed by atoms with Crippen LogP contribution in [0.25, 0.3) is 0 Å². The van der Waals surface area contributed by atoms with Crippen molar-refractivity contribution >= 4 is 5.84 Å². The SMILES string of the molecule is C1CCN2CCCC2=NC1. The Bertz CT molecular complexity index is 151. The van der Waals surface area contributed by atoms with Gasteiger partial charge in [0.25, 0.3) is 0 Å². The van der Waals surface area contributed by atoms with Crippen molar-refractivity contribution in [1.82, 2.24) is 4.90 Å². The number of fused-ring (bicyclic) bond motifs is 1. The molecule has 2 aliphatic heterocycles. The molecule has 0 aromatic heterocycles. The Morgan fingerprint density at radius 2 is 2.00 bits per heavy atom. The first-order valence-corrected chi connectivity index (χ1v) is 4.25. The van der Waals surface area contributed by atoms with E-state index in [1.54, 1.807) is 0 Å². The van der Waals surface area contributed by atoms with Crippen molar-refractivity contribution in [2.45, 2.75) is 25.7 Å². The maximum Gasteiger partial charge on any atom is 0.0989 e. The summed E-state index contributed by atoms with van der Waals surface area (Å²) >= 11 is 0. The van der Waals surface area contributed by atoms with Gasteiger partial charge in [0.05, 0.1) is 5.84 Å². The molecule has 0 unspecified atom stereocenters. The Hall–Kier alpha value is -0.530. The third-order valence-electron chi connectivity index (χ3n) is 2.32. The van der Waals surface area contributed by atoms with Gasteiger partial charge in [-0.05, 0) is 19.3 Å². The summed E-state index contributed by atoms with van der Waals surface area (Å²) in [6.45, 7) is 3.60. The molecule has 1 saturated heterocycles. The van der Waals surface area contributed by atoms with E-state index in [1.807, 2.05) is 0 Å². The number of hydrogen-bond acceptors (Lipinski definition) is 2. The third kappa shape index (κ3) is 1.02. The summed E-state index contributed by atoms with van der Waals surface area (Å²) in [5.74, 6) is 1.39. The smallest absolute Gasteiger partial charge is 0.0989 e. The van der Waals surface area contributed by atoms with E-state index in [2.05, 4.69) is 9.89 Å². The summed E-state index contributed by atoms with van der Waals surface area (Å²) in [7, 11) is 0. The topological polar surface area (TPSA) is 15.6 Å². The first-order valence-electron chi connectivity index (χ1n) is 4.25. The van der Waals surface area contributed by atoms with Crippen molar-refractivity contribution in [2.75, 3.05) is 19.6 Å². The third-order valence-corrected chi connectivity index (χ3v) is 2.32. The highest BCUT2D eigenvalue weighted by Gasteiger charge is 2.18. The summed E-state index contributed by atoms with van der Waals surface area (Å²) in [5.41, 5.74) is 0. The van der Waals surface area contributed by atoms with Crippen LogP contribution in [-0.2, 0) is 0 Å². The minimum atomic E-state index is 1.08. The standard InChI is InChI=1S/C8H14N2/c1-2-6-10-7-3-4-8(10)9-5-1/h1-7H2. The van der Waals surface area contributed by atoms with E-state index in [0.29, 0.717) is 0 Å². The van der Waals surface area contributed by atoms with E-state index in [4.69, 9.17) is 0 Å². The second-order valence-electron chi connectivity index (χ2n) is 3.10. The van der Waals surface area contributed by atoms with Gasteiger partial charge in [-0.3, -0.25) is 4.99 Å². The van der Waals surface area contributed by atoms with Crippen LogP contribution < -0.4 is 0 Å². The average Bonchev–Trinajstić information content (AvgIpc) is 2.28. The average molecular weight is 138 g/mol. The van der Waals surface area contributed by atoms with Crippen LogP contribution in [-0.4, -0.2) is 30.4 Å². The van der Waals surface area contributed by atoms with Gasteiger partial charge in [-0.1, -0.05) is 0 Å². The second kappa shape index (κ2) is 2.60. The molecule has 56 valence electrons. The van der Waals surface area contributed by atoms with Crippen LogP contribution in [0.15, 0.2) is 4.99 Å². The molecule has 2 heterocycles. The van der Waals surface area contributed by atoms with Crippen LogP contribution in [0.1, 0.15) is 25.7 Å². The van der Waals surface area contributed by atoms with Crippen LogP contribution in [0, 0.1) is 0 Å². The molecule has 0 saturated carbocycles. The Morgan fingerprint density at radius 1 is 1.10 bits per heavy atom. The molecule has 0 spiro atoms. The lowest BCUT2D eigenvalue weighted by atomic mass is 10.3. The van der Waals surface area contributed by atoms with E-state index in [0.717, 1.165) is 6.54 Å². The van der Waals surface area contributed by atoms with Crippen molar-refractivity contribution in [3.05, 3.63) is 0 Å². The van der Waals surface area contributed by atoms with Gasteiger partial charge in [-0.2, -0.15) is 0 Å². The van der Waals surface area contributed by atoms with E-state index in [-0.39, 0.29) is 0 Å². The zero-order valence-electron chi connectivity index (χ0n) is 6.34. The maximum atomic E-state index is 4.53. The van der Waals surface area contributed by atoms with Gasteiger partial charge in [0, 0.05) is 26.1 Å². The van der Waals surface area contributed by atoms with Gasteiger partial charge in [-0.25, -0.2) is 0 Å². The van der Waals surface area contributed by atoms with Crippen molar-refractivity contribution < 1.29 is 0 Å². The molecule has 0 aliphatic carbocycles. The maximum absolute atomic E-state index is 4.53. The molecule has 0 aromatic rings. The molecule has 2 aliphatic rings. The van der Waals surface area contributed by atoms with Crippen molar-refractivity contribution in [1.29, 1.82) is 0 Å². The largest absolute Gasteiger partial charge is 0.360 e. The van der Waals surface area contributed by atoms with Crippen LogP contribution in [0.2, 0.25) is 0 Å². The fourth-order valence-electron chi connectivity index (χ4n) is 1.76. The van der Waals surface area contributed by atoms with E-state index < -0.39 is 0 Å². The molecular weight excluding hydrogens is 124 g/mol. The van der Waals surface area contributed by atoms with Gasteiger partial charge in [0.1, 0.15) is 0 Å². The number of aliphatic imine (C=N–C) groups is 1. The predicted molar refractivity (Wildman–Crippen MR) is 42.3 cm³/mol. The molecular formula is C8H14N2. The predicted octanol–water partition coefficient (Wildman–Crippen LogP) is 1.27. The molecule has 0 radical (unpaired) electrons. The van der Waals surface area contributed by atoms with Crippen LogP contribution in [0.4, 0.5) is 0 Å². The first-order chi connectivity index (χ1) is 4.97. The number of amidine groups is 1. The van der Waals surface area contributed by atoms with Crippen molar-refractivity contribution in [3.8, 4) is 0 Å². The molecule has 1 fully saturated rings. The van der Waals surface area contributed by atoms with Crippen LogP contribution in [0.3, 0.4) is 0 Å². The van der Waals surface area contributed by atoms with Gasteiger partial charge >= 0.3 is 0 Å². The quantitative estimate of drug-likeness (QED) is 0.492. The van der Waals surface area contributed by atoms with E-state index >= 15 is 0 Å². The zero-order chi connectivity index (χ0) is 6.81. The Balaban J connectivity index is 2.10. The Labute approximate surface area is 61.9 Å². The zero-order valence-corrected chi connectivity index (χ0v) is 6.34. The normalized spacial score (nSPS) is 25.6. The van der Waals surface area contributed by atoms with E-state index in [1.165, 1.54) is 44.6 Å². The minimum Gasteiger partial charge on any atom is -0.360 e. The Kier molecular flexibility index (Phi) is 1.61. The molecule has 2 rings (SSSR count). The number of nitrogens with zero attached hydrogens (tertiary/aromatic N) is 2. The number of hydrogen-bond donors (Lipinski definition) is 0. The lowest BCUT2D eigenvalue weighted by molar-refractivity contribution is 0.448. The molecule has 2 heteroatoms. The molecule has 2 nitrogen and oxygen atoms in total. The lowest BCUT2D eigenvalue weighted by Crippen LogP contribution is -2.24. The highest BCUT2D eigenvalue weighted by atomic mass is 15.2. The van der Waals surface area contributed by atoms with Gasteiger partial charge in [-0.15, -0.1) is 0 Å². The second-order valence-corrected chi connectivity index (χ2v) is 3.10. The van der Waals surface area contributed by atoms with Gasteiger partial charge in [0.2, 0.25) is 0 Å². The molecule has 10 heavy (non-hydrogen) atoms. The fourth-order valence-corrected chi connectivity index (χ4v) is 1.76. The minimum absolute atomic E-state index is 1.08. The monoisotopic (exact) mass is 138 g/mol. The fraction of sp³-hybridized carbons (Fsp3) is 0.875. The summed E-state index contributed by atoms with van der Waals surface area (Å²) in [4.78, 5) is 6.98. The molecule has 0 atom stereocenters. The summed E-state index contributed by atoms with van der Waals surface area (Å²) in [6.07, 6.45) is 5.20.